The zero-order valence-electron chi connectivity index (χ0n) is 15.1. The SMILES string of the molecule is O=C(Nc1ncn(Cc2ccc(Br)cc2)n1)c1cc2c(s1)-c1ccccc1OC2. The minimum absolute atomic E-state index is 0.219. The van der Waals surface area contributed by atoms with Crippen molar-refractivity contribution in [1.82, 2.24) is 14.8 Å². The molecule has 8 heteroatoms. The smallest absolute Gasteiger partial charge is 0.268 e. The summed E-state index contributed by atoms with van der Waals surface area (Å²) in [5, 5.41) is 7.14. The van der Waals surface area contributed by atoms with Crippen molar-refractivity contribution >= 4 is 39.1 Å². The van der Waals surface area contributed by atoms with Gasteiger partial charge in [-0.1, -0.05) is 40.2 Å². The van der Waals surface area contributed by atoms with Gasteiger partial charge in [0, 0.05) is 20.5 Å². The number of benzene rings is 2. The van der Waals surface area contributed by atoms with Crippen LogP contribution in [0.25, 0.3) is 10.4 Å². The predicted octanol–water partition coefficient (Wildman–Crippen LogP) is 4.96. The zero-order chi connectivity index (χ0) is 19.8. The first kappa shape index (κ1) is 18.1. The molecule has 1 amide bonds. The fourth-order valence-corrected chi connectivity index (χ4v) is 4.54. The Kier molecular flexibility index (Phi) is 4.65. The maximum Gasteiger partial charge on any atom is 0.268 e. The summed E-state index contributed by atoms with van der Waals surface area (Å²) in [6, 6.07) is 17.7. The summed E-state index contributed by atoms with van der Waals surface area (Å²) in [6.07, 6.45) is 1.61. The topological polar surface area (TPSA) is 69.0 Å². The van der Waals surface area contributed by atoms with Crippen LogP contribution in [0.5, 0.6) is 5.75 Å². The Bertz CT molecular complexity index is 1200. The number of amides is 1. The quantitative estimate of drug-likeness (QED) is 0.461. The maximum absolute atomic E-state index is 12.7. The largest absolute Gasteiger partial charge is 0.488 e. The van der Waals surface area contributed by atoms with Crippen molar-refractivity contribution in [3.8, 4) is 16.2 Å². The number of para-hydroxylation sites is 1. The van der Waals surface area contributed by atoms with E-state index in [1.165, 1.54) is 11.3 Å². The Morgan fingerprint density at radius 2 is 2.03 bits per heavy atom. The summed E-state index contributed by atoms with van der Waals surface area (Å²) in [5.74, 6) is 0.917. The standard InChI is InChI=1S/C21H15BrN4O2S/c22-15-7-5-13(6-8-15)10-26-12-23-21(25-26)24-20(27)18-9-14-11-28-17-4-2-1-3-16(17)19(14)29-18/h1-9,12H,10-11H2,(H,24,25,27). The van der Waals surface area contributed by atoms with E-state index in [-0.39, 0.29) is 11.9 Å². The second-order valence-electron chi connectivity index (χ2n) is 6.60. The molecule has 0 bridgehead atoms. The maximum atomic E-state index is 12.7. The molecule has 1 aliphatic heterocycles. The molecule has 0 atom stereocenters. The number of nitrogens with zero attached hydrogens (tertiary/aromatic N) is 3. The van der Waals surface area contributed by atoms with Crippen LogP contribution in [-0.2, 0) is 13.2 Å². The number of fused-ring (bicyclic) bond motifs is 3. The van der Waals surface area contributed by atoms with Crippen molar-refractivity contribution < 1.29 is 9.53 Å². The molecule has 0 aliphatic carbocycles. The second-order valence-corrected chi connectivity index (χ2v) is 8.56. The normalized spacial score (nSPS) is 12.0. The lowest BCUT2D eigenvalue weighted by Gasteiger charge is -2.16. The van der Waals surface area contributed by atoms with Gasteiger partial charge in [-0.05, 0) is 35.9 Å². The Balaban J connectivity index is 1.31. The van der Waals surface area contributed by atoms with Crippen LogP contribution in [0.3, 0.4) is 0 Å². The molecule has 4 aromatic rings. The molecular formula is C21H15BrN4O2S. The van der Waals surface area contributed by atoms with Crippen LogP contribution >= 0.6 is 27.3 Å². The minimum atomic E-state index is -0.219. The highest BCUT2D eigenvalue weighted by Gasteiger charge is 2.22. The molecule has 0 saturated carbocycles. The minimum Gasteiger partial charge on any atom is -0.488 e. The number of hydrogen-bond acceptors (Lipinski definition) is 5. The molecule has 5 rings (SSSR count). The van der Waals surface area contributed by atoms with Gasteiger partial charge in [-0.2, -0.15) is 0 Å². The molecule has 0 radical (unpaired) electrons. The first-order valence-corrected chi connectivity index (χ1v) is 10.6. The zero-order valence-corrected chi connectivity index (χ0v) is 17.5. The van der Waals surface area contributed by atoms with Gasteiger partial charge in [-0.3, -0.25) is 10.1 Å². The van der Waals surface area contributed by atoms with E-state index in [1.54, 1.807) is 11.0 Å². The number of rotatable bonds is 4. The molecule has 0 saturated heterocycles. The number of aromatic nitrogens is 3. The number of anilines is 1. The number of ether oxygens (including phenoxy) is 1. The average Bonchev–Trinajstić information content (AvgIpc) is 3.36. The van der Waals surface area contributed by atoms with Crippen LogP contribution in [0, 0.1) is 0 Å². The molecular weight excluding hydrogens is 452 g/mol. The molecule has 1 aliphatic rings. The number of carbonyl (C=O) groups is 1. The molecule has 29 heavy (non-hydrogen) atoms. The van der Waals surface area contributed by atoms with E-state index in [1.807, 2.05) is 54.6 Å². The van der Waals surface area contributed by atoms with E-state index >= 15 is 0 Å². The van der Waals surface area contributed by atoms with E-state index in [4.69, 9.17) is 4.74 Å². The van der Waals surface area contributed by atoms with Gasteiger partial charge in [0.25, 0.3) is 5.91 Å². The Morgan fingerprint density at radius 3 is 2.90 bits per heavy atom. The molecule has 3 heterocycles. The molecule has 0 unspecified atom stereocenters. The first-order chi connectivity index (χ1) is 14.2. The van der Waals surface area contributed by atoms with Crippen molar-refractivity contribution in [2.75, 3.05) is 5.32 Å². The van der Waals surface area contributed by atoms with Gasteiger partial charge in [-0.15, -0.1) is 16.4 Å². The van der Waals surface area contributed by atoms with E-state index in [0.29, 0.717) is 18.0 Å². The third kappa shape index (κ3) is 3.68. The molecule has 1 N–H and O–H groups in total. The Hall–Kier alpha value is -2.97. The van der Waals surface area contributed by atoms with Crippen molar-refractivity contribution in [1.29, 1.82) is 0 Å². The first-order valence-electron chi connectivity index (χ1n) is 8.96. The van der Waals surface area contributed by atoms with Gasteiger partial charge in [0.2, 0.25) is 5.95 Å². The Morgan fingerprint density at radius 1 is 1.21 bits per heavy atom. The number of halogens is 1. The number of carbonyl (C=O) groups excluding carboxylic acids is 1. The monoisotopic (exact) mass is 466 g/mol. The van der Waals surface area contributed by atoms with Crippen LogP contribution in [-0.4, -0.2) is 20.7 Å². The van der Waals surface area contributed by atoms with Crippen LogP contribution in [0.2, 0.25) is 0 Å². The van der Waals surface area contributed by atoms with Crippen LogP contribution in [0.15, 0.2) is 65.4 Å². The lowest BCUT2D eigenvalue weighted by Crippen LogP contribution is -2.12. The highest BCUT2D eigenvalue weighted by Crippen LogP contribution is 2.42. The number of thiophene rings is 1. The Labute approximate surface area is 179 Å². The van der Waals surface area contributed by atoms with Gasteiger partial charge in [0.15, 0.2) is 0 Å². The fourth-order valence-electron chi connectivity index (χ4n) is 3.18. The highest BCUT2D eigenvalue weighted by molar-refractivity contribution is 9.10. The molecule has 144 valence electrons. The van der Waals surface area contributed by atoms with E-state index in [0.717, 1.165) is 31.8 Å². The summed E-state index contributed by atoms with van der Waals surface area (Å²) >= 11 is 4.88. The van der Waals surface area contributed by atoms with E-state index in [2.05, 4.69) is 31.3 Å². The fraction of sp³-hybridized carbons (Fsp3) is 0.0952. The number of hydrogen-bond donors (Lipinski definition) is 1. The number of nitrogens with one attached hydrogen (secondary N) is 1. The van der Waals surface area contributed by atoms with Crippen molar-refractivity contribution in [2.24, 2.45) is 0 Å². The second kappa shape index (κ2) is 7.46. The van der Waals surface area contributed by atoms with Gasteiger partial charge >= 0.3 is 0 Å². The van der Waals surface area contributed by atoms with Gasteiger partial charge < -0.3 is 4.74 Å². The average molecular weight is 467 g/mol. The lowest BCUT2D eigenvalue weighted by molar-refractivity contribution is 0.102. The van der Waals surface area contributed by atoms with Crippen LogP contribution in [0.4, 0.5) is 5.95 Å². The molecule has 6 nitrogen and oxygen atoms in total. The highest BCUT2D eigenvalue weighted by atomic mass is 79.9. The van der Waals surface area contributed by atoms with E-state index in [9.17, 15) is 4.79 Å². The van der Waals surface area contributed by atoms with Crippen molar-refractivity contribution in [3.05, 3.63) is 81.4 Å². The third-order valence-electron chi connectivity index (χ3n) is 4.57. The van der Waals surface area contributed by atoms with Crippen molar-refractivity contribution in [3.63, 3.8) is 0 Å². The predicted molar refractivity (Wildman–Crippen MR) is 115 cm³/mol. The third-order valence-corrected chi connectivity index (χ3v) is 6.31. The van der Waals surface area contributed by atoms with Crippen molar-refractivity contribution in [2.45, 2.75) is 13.2 Å². The molecule has 0 spiro atoms. The lowest BCUT2D eigenvalue weighted by atomic mass is 10.1. The van der Waals surface area contributed by atoms with E-state index < -0.39 is 0 Å². The summed E-state index contributed by atoms with van der Waals surface area (Å²) in [5.41, 5.74) is 3.14. The molecule has 2 aromatic carbocycles. The molecule has 0 fully saturated rings. The summed E-state index contributed by atoms with van der Waals surface area (Å²) in [6.45, 7) is 1.05. The van der Waals surface area contributed by atoms with Gasteiger partial charge in [0.05, 0.1) is 11.4 Å². The summed E-state index contributed by atoms with van der Waals surface area (Å²) in [7, 11) is 0. The van der Waals surface area contributed by atoms with Crippen LogP contribution < -0.4 is 10.1 Å². The summed E-state index contributed by atoms with van der Waals surface area (Å²) < 4.78 is 8.50. The van der Waals surface area contributed by atoms with Crippen LogP contribution in [0.1, 0.15) is 20.8 Å². The van der Waals surface area contributed by atoms with Gasteiger partial charge in [0.1, 0.15) is 18.7 Å². The molecule has 2 aromatic heterocycles. The van der Waals surface area contributed by atoms with Gasteiger partial charge in [-0.25, -0.2) is 9.67 Å². The summed E-state index contributed by atoms with van der Waals surface area (Å²) in [4.78, 5) is 18.6.